The van der Waals surface area contributed by atoms with Crippen LogP contribution in [0.25, 0.3) is 0 Å². The molecule has 0 saturated carbocycles. The van der Waals surface area contributed by atoms with Crippen molar-refractivity contribution in [2.24, 2.45) is 0 Å². The van der Waals surface area contributed by atoms with Gasteiger partial charge >= 0.3 is 0 Å². The molecule has 2 heterocycles. The molecule has 0 fully saturated rings. The molecule has 0 aliphatic carbocycles. The van der Waals surface area contributed by atoms with E-state index in [0.717, 1.165) is 18.8 Å². The Hall–Kier alpha value is -2.03. The molecule has 0 spiro atoms. The molecule has 1 aliphatic rings. The fourth-order valence-corrected chi connectivity index (χ4v) is 2.52. The number of aromatic nitrogens is 1. The van der Waals surface area contributed by atoms with E-state index in [1.54, 1.807) is 6.20 Å². The van der Waals surface area contributed by atoms with Crippen LogP contribution in [0.3, 0.4) is 0 Å². The van der Waals surface area contributed by atoms with Gasteiger partial charge in [0.2, 0.25) is 0 Å². The number of fused-ring (bicyclic) bond motifs is 1. The predicted octanol–water partition coefficient (Wildman–Crippen LogP) is 3.06. The molecule has 0 unspecified atom stereocenters. The largest absolute Gasteiger partial charge is 0.397 e. The first-order chi connectivity index (χ1) is 8.74. The van der Waals surface area contributed by atoms with E-state index < -0.39 is 0 Å². The second-order valence-electron chi connectivity index (χ2n) is 4.84. The first-order valence-electron chi connectivity index (χ1n) is 6.32. The number of nitrogens with zero attached hydrogens (tertiary/aromatic N) is 2. The van der Waals surface area contributed by atoms with Gasteiger partial charge in [-0.3, -0.25) is 0 Å². The van der Waals surface area contributed by atoms with Crippen molar-refractivity contribution in [3.8, 4) is 0 Å². The van der Waals surface area contributed by atoms with Crippen LogP contribution < -0.4 is 10.6 Å². The number of nitrogens with two attached hydrogens (primary N) is 1. The molecule has 2 N–H and O–H groups in total. The van der Waals surface area contributed by atoms with E-state index in [-0.39, 0.29) is 0 Å². The Morgan fingerprint density at radius 2 is 2.11 bits per heavy atom. The molecule has 3 rings (SSSR count). The van der Waals surface area contributed by atoms with E-state index in [1.807, 2.05) is 12.1 Å². The Labute approximate surface area is 107 Å². The summed E-state index contributed by atoms with van der Waals surface area (Å²) in [6.07, 6.45) is 4.04. The normalized spacial score (nSPS) is 14.4. The van der Waals surface area contributed by atoms with Crippen LogP contribution in [0.2, 0.25) is 0 Å². The van der Waals surface area contributed by atoms with Crippen LogP contribution in [0, 0.1) is 6.92 Å². The van der Waals surface area contributed by atoms with E-state index in [9.17, 15) is 0 Å². The molecule has 2 aromatic rings. The number of aryl methyl sites for hydroxylation is 2. The highest BCUT2D eigenvalue weighted by Crippen LogP contribution is 2.32. The van der Waals surface area contributed by atoms with Crippen molar-refractivity contribution in [1.82, 2.24) is 4.98 Å². The van der Waals surface area contributed by atoms with Crippen molar-refractivity contribution in [1.29, 1.82) is 0 Å². The van der Waals surface area contributed by atoms with E-state index in [4.69, 9.17) is 5.73 Å². The molecular weight excluding hydrogens is 222 g/mol. The summed E-state index contributed by atoms with van der Waals surface area (Å²) >= 11 is 0. The summed E-state index contributed by atoms with van der Waals surface area (Å²) in [7, 11) is 0. The quantitative estimate of drug-likeness (QED) is 0.831. The number of anilines is 3. The van der Waals surface area contributed by atoms with Crippen molar-refractivity contribution in [2.75, 3.05) is 17.2 Å². The molecule has 0 atom stereocenters. The van der Waals surface area contributed by atoms with Crippen LogP contribution in [0.1, 0.15) is 17.5 Å². The molecule has 1 aromatic heterocycles. The van der Waals surface area contributed by atoms with Crippen molar-refractivity contribution in [3.05, 3.63) is 47.7 Å². The van der Waals surface area contributed by atoms with Crippen molar-refractivity contribution < 1.29 is 0 Å². The zero-order valence-electron chi connectivity index (χ0n) is 10.6. The number of nitrogen functional groups attached to an aromatic ring is 1. The van der Waals surface area contributed by atoms with Gasteiger partial charge in [0, 0.05) is 12.2 Å². The molecule has 0 bridgehead atoms. The second-order valence-corrected chi connectivity index (χ2v) is 4.84. The highest BCUT2D eigenvalue weighted by atomic mass is 15.2. The highest BCUT2D eigenvalue weighted by molar-refractivity contribution is 5.66. The zero-order valence-corrected chi connectivity index (χ0v) is 10.6. The fourth-order valence-electron chi connectivity index (χ4n) is 2.52. The summed E-state index contributed by atoms with van der Waals surface area (Å²) < 4.78 is 0. The topological polar surface area (TPSA) is 42.1 Å². The average molecular weight is 239 g/mol. The summed E-state index contributed by atoms with van der Waals surface area (Å²) in [5.74, 6) is 0.981. The van der Waals surface area contributed by atoms with Crippen LogP contribution in [-0.4, -0.2) is 11.5 Å². The molecule has 0 amide bonds. The first kappa shape index (κ1) is 11.1. The number of benzene rings is 1. The minimum Gasteiger partial charge on any atom is -0.397 e. The lowest BCUT2D eigenvalue weighted by Crippen LogP contribution is -2.25. The molecule has 0 saturated heterocycles. The SMILES string of the molecule is Cc1ccc2c(c1)CCCN2c1ccc(N)cn1. The van der Waals surface area contributed by atoms with E-state index in [2.05, 4.69) is 35.0 Å². The molecule has 3 heteroatoms. The third-order valence-electron chi connectivity index (χ3n) is 3.40. The lowest BCUT2D eigenvalue weighted by Gasteiger charge is -2.30. The van der Waals surface area contributed by atoms with Crippen molar-refractivity contribution >= 4 is 17.2 Å². The molecule has 0 radical (unpaired) electrons. The lowest BCUT2D eigenvalue weighted by atomic mass is 9.99. The van der Waals surface area contributed by atoms with Gasteiger partial charge in [-0.05, 0) is 43.5 Å². The highest BCUT2D eigenvalue weighted by Gasteiger charge is 2.18. The zero-order chi connectivity index (χ0) is 12.5. The predicted molar refractivity (Wildman–Crippen MR) is 75.2 cm³/mol. The maximum Gasteiger partial charge on any atom is 0.133 e. The molecule has 1 aliphatic heterocycles. The maximum atomic E-state index is 5.69. The van der Waals surface area contributed by atoms with Crippen LogP contribution in [0.15, 0.2) is 36.5 Å². The number of hydrogen-bond donors (Lipinski definition) is 1. The Morgan fingerprint density at radius 3 is 2.89 bits per heavy atom. The minimum atomic E-state index is 0.708. The third-order valence-corrected chi connectivity index (χ3v) is 3.40. The van der Waals surface area contributed by atoms with Gasteiger partial charge in [-0.2, -0.15) is 0 Å². The van der Waals surface area contributed by atoms with Gasteiger partial charge in [0.15, 0.2) is 0 Å². The van der Waals surface area contributed by atoms with Gasteiger partial charge in [0.05, 0.1) is 11.9 Å². The van der Waals surface area contributed by atoms with Crippen LogP contribution in [-0.2, 0) is 6.42 Å². The van der Waals surface area contributed by atoms with E-state index >= 15 is 0 Å². The summed E-state index contributed by atoms with van der Waals surface area (Å²) in [5.41, 5.74) is 10.4. The number of hydrogen-bond acceptors (Lipinski definition) is 3. The van der Waals surface area contributed by atoms with Gasteiger partial charge in [-0.1, -0.05) is 17.7 Å². The molecule has 3 nitrogen and oxygen atoms in total. The number of rotatable bonds is 1. The smallest absolute Gasteiger partial charge is 0.133 e. The van der Waals surface area contributed by atoms with Gasteiger partial charge in [-0.15, -0.1) is 0 Å². The third kappa shape index (κ3) is 1.92. The Bertz CT molecular complexity index is 560. The number of pyridine rings is 1. The monoisotopic (exact) mass is 239 g/mol. The van der Waals surface area contributed by atoms with Crippen LogP contribution in [0.4, 0.5) is 17.2 Å². The van der Waals surface area contributed by atoms with E-state index in [0.29, 0.717) is 5.69 Å². The Balaban J connectivity index is 2.03. The summed E-state index contributed by atoms with van der Waals surface area (Å²) in [4.78, 5) is 6.70. The fraction of sp³-hybridized carbons (Fsp3) is 0.267. The molecule has 92 valence electrons. The van der Waals surface area contributed by atoms with Crippen molar-refractivity contribution in [2.45, 2.75) is 19.8 Å². The Morgan fingerprint density at radius 1 is 1.22 bits per heavy atom. The first-order valence-corrected chi connectivity index (χ1v) is 6.32. The minimum absolute atomic E-state index is 0.708. The van der Waals surface area contributed by atoms with Crippen LogP contribution in [0.5, 0.6) is 0 Å². The summed E-state index contributed by atoms with van der Waals surface area (Å²) in [6.45, 7) is 3.16. The standard InChI is InChI=1S/C15H17N3/c1-11-4-6-14-12(9-11)3-2-8-18(14)15-7-5-13(16)10-17-15/h4-7,9-10H,2-3,8,16H2,1H3. The van der Waals surface area contributed by atoms with Gasteiger partial charge in [-0.25, -0.2) is 4.98 Å². The van der Waals surface area contributed by atoms with Gasteiger partial charge in [0.25, 0.3) is 0 Å². The average Bonchev–Trinajstić information content (AvgIpc) is 2.38. The Kier molecular flexibility index (Phi) is 2.67. The maximum absolute atomic E-state index is 5.69. The molecule has 1 aromatic carbocycles. The molecular formula is C15H17N3. The van der Waals surface area contributed by atoms with Crippen LogP contribution >= 0.6 is 0 Å². The lowest BCUT2D eigenvalue weighted by molar-refractivity contribution is 0.759. The summed E-state index contributed by atoms with van der Waals surface area (Å²) in [5, 5.41) is 0. The van der Waals surface area contributed by atoms with Crippen molar-refractivity contribution in [3.63, 3.8) is 0 Å². The second kappa shape index (κ2) is 4.33. The van der Waals surface area contributed by atoms with Gasteiger partial charge in [0.1, 0.15) is 5.82 Å². The summed E-state index contributed by atoms with van der Waals surface area (Å²) in [6, 6.07) is 10.5. The molecule has 18 heavy (non-hydrogen) atoms. The van der Waals surface area contributed by atoms with E-state index in [1.165, 1.54) is 23.2 Å². The van der Waals surface area contributed by atoms with Gasteiger partial charge < -0.3 is 10.6 Å².